The molecule has 0 unspecified atom stereocenters. The van der Waals surface area contributed by atoms with Gasteiger partial charge in [0.05, 0.1) is 6.20 Å². The van der Waals surface area contributed by atoms with Crippen LogP contribution in [0.2, 0.25) is 5.02 Å². The molecule has 1 heterocycles. The zero-order chi connectivity index (χ0) is 11.4. The Labute approximate surface area is 101 Å². The van der Waals surface area contributed by atoms with Gasteiger partial charge in [-0.2, -0.15) is 4.98 Å². The highest BCUT2D eigenvalue weighted by molar-refractivity contribution is 6.32. The fraction of sp³-hybridized carbons (Fsp3) is 0.636. The molecule has 1 fully saturated rings. The van der Waals surface area contributed by atoms with Crippen molar-refractivity contribution in [3.05, 3.63) is 11.2 Å². The van der Waals surface area contributed by atoms with E-state index in [0.717, 1.165) is 12.5 Å². The number of halogens is 1. The van der Waals surface area contributed by atoms with Crippen LogP contribution in [-0.2, 0) is 0 Å². The Morgan fingerprint density at radius 1 is 1.38 bits per heavy atom. The van der Waals surface area contributed by atoms with Gasteiger partial charge >= 0.3 is 0 Å². The van der Waals surface area contributed by atoms with Crippen molar-refractivity contribution in [3.8, 4) is 0 Å². The number of aromatic nitrogens is 2. The third-order valence-electron chi connectivity index (χ3n) is 3.05. The highest BCUT2D eigenvalue weighted by atomic mass is 35.5. The molecule has 1 aliphatic carbocycles. The van der Waals surface area contributed by atoms with E-state index in [9.17, 15) is 0 Å². The lowest BCUT2D eigenvalue weighted by atomic mass is 9.89. The summed E-state index contributed by atoms with van der Waals surface area (Å²) >= 11 is 5.97. The molecule has 0 radical (unpaired) electrons. The number of nitrogen functional groups attached to an aromatic ring is 1. The summed E-state index contributed by atoms with van der Waals surface area (Å²) in [6, 6.07) is 0. The summed E-state index contributed by atoms with van der Waals surface area (Å²) < 4.78 is 0. The summed E-state index contributed by atoms with van der Waals surface area (Å²) in [5, 5.41) is 3.79. The second-order valence-electron chi connectivity index (χ2n) is 4.31. The average Bonchev–Trinajstić information content (AvgIpc) is 2.32. The van der Waals surface area contributed by atoms with E-state index in [0.29, 0.717) is 10.8 Å². The first-order chi connectivity index (χ1) is 7.75. The standard InChI is InChI=1S/C11H17ClN4/c12-9-7-15-11(13)16-10(9)14-6-8-4-2-1-3-5-8/h7-8H,1-6H2,(H3,13,14,15,16). The molecular formula is C11H17ClN4. The van der Waals surface area contributed by atoms with Crippen LogP contribution in [0.25, 0.3) is 0 Å². The smallest absolute Gasteiger partial charge is 0.222 e. The molecular weight excluding hydrogens is 224 g/mol. The Bertz CT molecular complexity index is 350. The van der Waals surface area contributed by atoms with Crippen LogP contribution < -0.4 is 11.1 Å². The van der Waals surface area contributed by atoms with Crippen molar-refractivity contribution < 1.29 is 0 Å². The zero-order valence-corrected chi connectivity index (χ0v) is 10.0. The van der Waals surface area contributed by atoms with Crippen molar-refractivity contribution in [1.82, 2.24) is 9.97 Å². The molecule has 1 aliphatic rings. The molecule has 1 aromatic rings. The SMILES string of the molecule is Nc1ncc(Cl)c(NCC2CCCCC2)n1. The number of nitrogens with two attached hydrogens (primary N) is 1. The number of nitrogens with one attached hydrogen (secondary N) is 1. The van der Waals surface area contributed by atoms with Gasteiger partial charge in [0, 0.05) is 6.54 Å². The fourth-order valence-electron chi connectivity index (χ4n) is 2.14. The zero-order valence-electron chi connectivity index (χ0n) is 9.25. The fourth-order valence-corrected chi connectivity index (χ4v) is 2.29. The largest absolute Gasteiger partial charge is 0.368 e. The lowest BCUT2D eigenvalue weighted by Crippen LogP contribution is -2.18. The lowest BCUT2D eigenvalue weighted by Gasteiger charge is -2.22. The normalized spacial score (nSPS) is 17.3. The number of hydrogen-bond donors (Lipinski definition) is 2. The van der Waals surface area contributed by atoms with E-state index in [4.69, 9.17) is 17.3 Å². The third-order valence-corrected chi connectivity index (χ3v) is 3.32. The maximum atomic E-state index is 5.97. The van der Waals surface area contributed by atoms with Crippen molar-refractivity contribution in [3.63, 3.8) is 0 Å². The first kappa shape index (κ1) is 11.5. The van der Waals surface area contributed by atoms with Crippen LogP contribution in [0.3, 0.4) is 0 Å². The molecule has 0 aromatic carbocycles. The van der Waals surface area contributed by atoms with Gasteiger partial charge in [-0.3, -0.25) is 0 Å². The number of anilines is 2. The third kappa shape index (κ3) is 2.98. The van der Waals surface area contributed by atoms with Crippen molar-refractivity contribution in [2.45, 2.75) is 32.1 Å². The van der Waals surface area contributed by atoms with E-state index in [2.05, 4.69) is 15.3 Å². The Morgan fingerprint density at radius 2 is 2.12 bits per heavy atom. The molecule has 2 rings (SSSR count). The van der Waals surface area contributed by atoms with E-state index >= 15 is 0 Å². The number of nitrogens with zero attached hydrogens (tertiary/aromatic N) is 2. The molecule has 3 N–H and O–H groups in total. The van der Waals surface area contributed by atoms with Gasteiger partial charge in [0.15, 0.2) is 0 Å². The van der Waals surface area contributed by atoms with Crippen LogP contribution in [0, 0.1) is 5.92 Å². The van der Waals surface area contributed by atoms with Gasteiger partial charge in [-0.25, -0.2) is 4.98 Å². The predicted molar refractivity (Wildman–Crippen MR) is 66.5 cm³/mol. The van der Waals surface area contributed by atoms with Crippen LogP contribution in [-0.4, -0.2) is 16.5 Å². The molecule has 16 heavy (non-hydrogen) atoms. The van der Waals surface area contributed by atoms with E-state index in [1.54, 1.807) is 0 Å². The van der Waals surface area contributed by atoms with Crippen molar-refractivity contribution in [2.24, 2.45) is 5.92 Å². The Kier molecular flexibility index (Phi) is 3.83. The summed E-state index contributed by atoms with van der Waals surface area (Å²) in [4.78, 5) is 7.91. The topological polar surface area (TPSA) is 63.8 Å². The van der Waals surface area contributed by atoms with Gasteiger partial charge in [0.1, 0.15) is 10.8 Å². The molecule has 88 valence electrons. The number of rotatable bonds is 3. The van der Waals surface area contributed by atoms with Crippen molar-refractivity contribution in [1.29, 1.82) is 0 Å². The van der Waals surface area contributed by atoms with Gasteiger partial charge < -0.3 is 11.1 Å². The molecule has 0 saturated heterocycles. The van der Waals surface area contributed by atoms with Crippen LogP contribution in [0.1, 0.15) is 32.1 Å². The minimum absolute atomic E-state index is 0.260. The highest BCUT2D eigenvalue weighted by Gasteiger charge is 2.13. The summed E-state index contributed by atoms with van der Waals surface area (Å²) in [7, 11) is 0. The lowest BCUT2D eigenvalue weighted by molar-refractivity contribution is 0.373. The van der Waals surface area contributed by atoms with Gasteiger partial charge in [0.25, 0.3) is 0 Å². The van der Waals surface area contributed by atoms with E-state index in [1.165, 1.54) is 38.3 Å². The first-order valence-electron chi connectivity index (χ1n) is 5.77. The minimum atomic E-state index is 0.260. The average molecular weight is 241 g/mol. The molecule has 1 saturated carbocycles. The molecule has 1 aromatic heterocycles. The summed E-state index contributed by atoms with van der Waals surface area (Å²) in [6.07, 6.45) is 8.18. The predicted octanol–water partition coefficient (Wildman–Crippen LogP) is 2.70. The van der Waals surface area contributed by atoms with Crippen LogP contribution >= 0.6 is 11.6 Å². The van der Waals surface area contributed by atoms with Gasteiger partial charge in [0.2, 0.25) is 5.95 Å². The second-order valence-corrected chi connectivity index (χ2v) is 4.72. The Morgan fingerprint density at radius 3 is 2.88 bits per heavy atom. The molecule has 0 bridgehead atoms. The summed E-state index contributed by atoms with van der Waals surface area (Å²) in [6.45, 7) is 0.927. The summed E-state index contributed by atoms with van der Waals surface area (Å²) in [5.41, 5.74) is 5.52. The Hall–Kier alpha value is -1.03. The molecule has 0 aliphatic heterocycles. The maximum Gasteiger partial charge on any atom is 0.222 e. The van der Waals surface area contributed by atoms with E-state index < -0.39 is 0 Å². The molecule has 0 spiro atoms. The molecule has 5 heteroatoms. The Balaban J connectivity index is 1.90. The quantitative estimate of drug-likeness (QED) is 0.853. The van der Waals surface area contributed by atoms with Gasteiger partial charge in [-0.15, -0.1) is 0 Å². The van der Waals surface area contributed by atoms with Crippen LogP contribution in [0.4, 0.5) is 11.8 Å². The number of hydrogen-bond acceptors (Lipinski definition) is 4. The minimum Gasteiger partial charge on any atom is -0.368 e. The van der Waals surface area contributed by atoms with E-state index in [-0.39, 0.29) is 5.95 Å². The molecule has 0 atom stereocenters. The van der Waals surface area contributed by atoms with Gasteiger partial charge in [-0.05, 0) is 18.8 Å². The maximum absolute atomic E-state index is 5.97. The van der Waals surface area contributed by atoms with Gasteiger partial charge in [-0.1, -0.05) is 30.9 Å². The highest BCUT2D eigenvalue weighted by Crippen LogP contribution is 2.25. The molecule has 4 nitrogen and oxygen atoms in total. The monoisotopic (exact) mass is 240 g/mol. The molecule has 0 amide bonds. The van der Waals surface area contributed by atoms with Crippen molar-refractivity contribution in [2.75, 3.05) is 17.6 Å². The van der Waals surface area contributed by atoms with Crippen LogP contribution in [0.15, 0.2) is 6.20 Å². The van der Waals surface area contributed by atoms with Crippen LogP contribution in [0.5, 0.6) is 0 Å². The summed E-state index contributed by atoms with van der Waals surface area (Å²) in [5.74, 6) is 1.65. The first-order valence-corrected chi connectivity index (χ1v) is 6.15. The second kappa shape index (κ2) is 5.34. The van der Waals surface area contributed by atoms with Crippen molar-refractivity contribution >= 4 is 23.4 Å². The van der Waals surface area contributed by atoms with E-state index in [1.807, 2.05) is 0 Å².